The number of fused-ring (bicyclic) bond motifs is 2. The molecule has 1 aromatic carbocycles. The smallest absolute Gasteiger partial charge is 0.323 e. The topological polar surface area (TPSA) is 86.5 Å². The van der Waals surface area contributed by atoms with Crippen molar-refractivity contribution in [2.75, 3.05) is 5.32 Å². The average Bonchev–Trinajstić information content (AvgIpc) is 3.05. The van der Waals surface area contributed by atoms with Gasteiger partial charge in [0.25, 0.3) is 0 Å². The highest BCUT2D eigenvalue weighted by atomic mass is 32.1. The molecule has 4 aromatic rings. The molecule has 0 saturated carbocycles. The number of nitrogens with zero attached hydrogens (tertiary/aromatic N) is 2. The third kappa shape index (κ3) is 2.25. The number of imidazole rings is 1. The number of hydrogen-bond donors (Lipinski definition) is 3. The lowest BCUT2D eigenvalue weighted by atomic mass is 10.2. The fraction of sp³-hybridized carbons (Fsp3) is 0.133. The summed E-state index contributed by atoms with van der Waals surface area (Å²) >= 11 is 1.66. The van der Waals surface area contributed by atoms with Crippen LogP contribution in [0.5, 0.6) is 0 Å². The summed E-state index contributed by atoms with van der Waals surface area (Å²) in [6, 6.07) is 7.93. The maximum absolute atomic E-state index is 11.3. The maximum Gasteiger partial charge on any atom is 0.323 e. The van der Waals surface area contributed by atoms with E-state index < -0.39 is 0 Å². The van der Waals surface area contributed by atoms with Crippen LogP contribution in [0, 0.1) is 6.92 Å². The summed E-state index contributed by atoms with van der Waals surface area (Å²) in [6.45, 7) is 2.69. The zero-order chi connectivity index (χ0) is 15.1. The van der Waals surface area contributed by atoms with Gasteiger partial charge in [-0.2, -0.15) is 0 Å². The zero-order valence-corrected chi connectivity index (χ0v) is 12.6. The molecule has 0 aliphatic rings. The first-order chi connectivity index (χ1) is 10.7. The van der Waals surface area contributed by atoms with Crippen molar-refractivity contribution in [1.29, 1.82) is 0 Å². The quantitative estimate of drug-likeness (QED) is 0.543. The van der Waals surface area contributed by atoms with E-state index in [4.69, 9.17) is 0 Å². The minimum atomic E-state index is -0.189. The van der Waals surface area contributed by atoms with Crippen LogP contribution in [0.25, 0.3) is 21.3 Å². The van der Waals surface area contributed by atoms with Crippen LogP contribution in [-0.4, -0.2) is 19.9 Å². The van der Waals surface area contributed by atoms with E-state index >= 15 is 0 Å². The summed E-state index contributed by atoms with van der Waals surface area (Å²) in [5, 5.41) is 4.38. The first-order valence-corrected chi connectivity index (χ1v) is 7.66. The van der Waals surface area contributed by atoms with Crippen molar-refractivity contribution in [3.05, 3.63) is 51.5 Å². The van der Waals surface area contributed by atoms with Crippen LogP contribution in [0.2, 0.25) is 0 Å². The van der Waals surface area contributed by atoms with Crippen molar-refractivity contribution in [3.63, 3.8) is 0 Å². The van der Waals surface area contributed by atoms with Crippen LogP contribution in [0.4, 0.5) is 5.82 Å². The van der Waals surface area contributed by atoms with E-state index in [0.717, 1.165) is 32.6 Å². The summed E-state index contributed by atoms with van der Waals surface area (Å²) in [5.41, 5.74) is 2.50. The fourth-order valence-corrected chi connectivity index (χ4v) is 3.34. The van der Waals surface area contributed by atoms with E-state index in [1.807, 2.05) is 18.2 Å². The number of nitrogens with one attached hydrogen (secondary N) is 3. The van der Waals surface area contributed by atoms with Crippen LogP contribution in [0.3, 0.4) is 0 Å². The number of rotatable bonds is 3. The Hall–Kier alpha value is -2.67. The summed E-state index contributed by atoms with van der Waals surface area (Å²) < 4.78 is 0. The van der Waals surface area contributed by atoms with Crippen molar-refractivity contribution in [2.24, 2.45) is 0 Å². The van der Waals surface area contributed by atoms with Crippen LogP contribution in [-0.2, 0) is 6.54 Å². The van der Waals surface area contributed by atoms with Crippen LogP contribution in [0.1, 0.15) is 10.4 Å². The Balaban J connectivity index is 1.63. The molecule has 0 spiro atoms. The Bertz CT molecular complexity index is 1030. The summed E-state index contributed by atoms with van der Waals surface area (Å²) in [4.78, 5) is 27.6. The molecule has 0 radical (unpaired) electrons. The SMILES string of the molecule is Cc1cc2c(NCc3ccc4[nH]c(=O)[nH]c4c3)ncnc2s1. The molecule has 110 valence electrons. The lowest BCUT2D eigenvalue weighted by molar-refractivity contribution is 1.11. The van der Waals surface area contributed by atoms with Gasteiger partial charge in [0.1, 0.15) is 17.0 Å². The van der Waals surface area contributed by atoms with Gasteiger partial charge in [-0.25, -0.2) is 14.8 Å². The number of thiophene rings is 1. The first-order valence-electron chi connectivity index (χ1n) is 6.85. The minimum Gasteiger partial charge on any atom is -0.365 e. The molecule has 3 N–H and O–H groups in total. The molecule has 22 heavy (non-hydrogen) atoms. The van der Waals surface area contributed by atoms with E-state index in [-0.39, 0.29) is 5.69 Å². The number of aromatic nitrogens is 4. The molecule has 0 aliphatic carbocycles. The number of hydrogen-bond acceptors (Lipinski definition) is 5. The molecule has 0 fully saturated rings. The molecule has 3 heterocycles. The minimum absolute atomic E-state index is 0.189. The van der Waals surface area contributed by atoms with Crippen molar-refractivity contribution in [2.45, 2.75) is 13.5 Å². The lowest BCUT2D eigenvalue weighted by Gasteiger charge is -2.06. The van der Waals surface area contributed by atoms with Gasteiger partial charge >= 0.3 is 5.69 Å². The summed E-state index contributed by atoms with van der Waals surface area (Å²) in [6.07, 6.45) is 1.58. The van der Waals surface area contributed by atoms with Crippen LogP contribution < -0.4 is 11.0 Å². The number of benzene rings is 1. The molecule has 0 saturated heterocycles. The molecular formula is C15H13N5OS. The molecule has 0 unspecified atom stereocenters. The van der Waals surface area contributed by atoms with Gasteiger partial charge in [-0.15, -0.1) is 11.3 Å². The number of anilines is 1. The molecule has 6 nitrogen and oxygen atoms in total. The molecule has 0 atom stereocenters. The van der Waals surface area contributed by atoms with Gasteiger partial charge < -0.3 is 15.3 Å². The van der Waals surface area contributed by atoms with E-state index in [0.29, 0.717) is 6.54 Å². The van der Waals surface area contributed by atoms with Gasteiger partial charge in [-0.05, 0) is 30.7 Å². The Morgan fingerprint density at radius 2 is 2.05 bits per heavy atom. The Morgan fingerprint density at radius 3 is 2.95 bits per heavy atom. The monoisotopic (exact) mass is 311 g/mol. The van der Waals surface area contributed by atoms with Gasteiger partial charge in [-0.3, -0.25) is 0 Å². The van der Waals surface area contributed by atoms with Crippen LogP contribution in [0.15, 0.2) is 35.4 Å². The Labute approximate surface area is 129 Å². The zero-order valence-electron chi connectivity index (χ0n) is 11.8. The average molecular weight is 311 g/mol. The fourth-order valence-electron chi connectivity index (χ4n) is 2.49. The molecule has 0 amide bonds. The lowest BCUT2D eigenvalue weighted by Crippen LogP contribution is -2.02. The highest BCUT2D eigenvalue weighted by Crippen LogP contribution is 2.27. The predicted octanol–water partition coefficient (Wildman–Crippen LogP) is 2.78. The molecule has 0 bridgehead atoms. The first kappa shape index (κ1) is 13.0. The van der Waals surface area contributed by atoms with Gasteiger partial charge in [0.05, 0.1) is 16.4 Å². The van der Waals surface area contributed by atoms with E-state index in [9.17, 15) is 4.79 Å². The largest absolute Gasteiger partial charge is 0.365 e. The normalized spacial score (nSPS) is 11.3. The third-order valence-electron chi connectivity index (χ3n) is 3.49. The van der Waals surface area contributed by atoms with Crippen molar-refractivity contribution in [3.8, 4) is 0 Å². The number of aryl methyl sites for hydroxylation is 1. The number of H-pyrrole nitrogens is 2. The predicted molar refractivity (Wildman–Crippen MR) is 88.4 cm³/mol. The van der Waals surface area contributed by atoms with E-state index in [2.05, 4.69) is 38.2 Å². The van der Waals surface area contributed by atoms with Crippen molar-refractivity contribution < 1.29 is 0 Å². The summed E-state index contributed by atoms with van der Waals surface area (Å²) in [5.74, 6) is 0.831. The van der Waals surface area contributed by atoms with Gasteiger partial charge in [0.15, 0.2) is 0 Å². The molecule has 7 heteroatoms. The van der Waals surface area contributed by atoms with Gasteiger partial charge in [-0.1, -0.05) is 6.07 Å². The molecular weight excluding hydrogens is 298 g/mol. The van der Waals surface area contributed by atoms with E-state index in [1.54, 1.807) is 17.7 Å². The third-order valence-corrected chi connectivity index (χ3v) is 4.45. The molecule has 0 aliphatic heterocycles. The highest BCUT2D eigenvalue weighted by Gasteiger charge is 2.07. The van der Waals surface area contributed by atoms with E-state index in [1.165, 1.54) is 4.88 Å². The van der Waals surface area contributed by atoms with Crippen molar-refractivity contribution in [1.82, 2.24) is 19.9 Å². The highest BCUT2D eigenvalue weighted by molar-refractivity contribution is 7.18. The second kappa shape index (κ2) is 4.96. The number of aromatic amines is 2. The van der Waals surface area contributed by atoms with Crippen molar-refractivity contribution >= 4 is 38.4 Å². The van der Waals surface area contributed by atoms with Crippen LogP contribution >= 0.6 is 11.3 Å². The molecule has 4 rings (SSSR count). The second-order valence-corrected chi connectivity index (χ2v) is 6.35. The Kier molecular flexibility index (Phi) is 2.93. The van der Waals surface area contributed by atoms with Gasteiger partial charge in [0, 0.05) is 11.4 Å². The standard InChI is InChI=1S/C15H13N5OS/c1-8-4-10-13(17-7-18-14(10)22-8)16-6-9-2-3-11-12(5-9)20-15(21)19-11/h2-5,7H,6H2,1H3,(H,16,17,18)(H2,19,20,21). The Morgan fingerprint density at radius 1 is 1.18 bits per heavy atom. The van der Waals surface area contributed by atoms with Gasteiger partial charge in [0.2, 0.25) is 0 Å². The summed E-state index contributed by atoms with van der Waals surface area (Å²) in [7, 11) is 0. The molecule has 3 aromatic heterocycles. The second-order valence-electron chi connectivity index (χ2n) is 5.11. The maximum atomic E-state index is 11.3.